The zero-order chi connectivity index (χ0) is 23.2. The number of nitrogens with zero attached hydrogens (tertiary/aromatic N) is 1. The molecule has 2 aromatic carbocycles. The molecule has 0 aliphatic heterocycles. The van der Waals surface area contributed by atoms with E-state index in [1.54, 1.807) is 24.3 Å². The molecule has 0 aliphatic rings. The topological polar surface area (TPSA) is 79.9 Å². The number of hydrogen-bond donors (Lipinski definition) is 2. The first-order valence-electron chi connectivity index (χ1n) is 11.3. The van der Waals surface area contributed by atoms with Crippen LogP contribution in [0.3, 0.4) is 0 Å². The molecular weight excluding hydrogens is 406 g/mol. The molecular formula is C25H35N3O4. The third-order valence-electron chi connectivity index (χ3n) is 4.70. The van der Waals surface area contributed by atoms with Crippen molar-refractivity contribution in [1.29, 1.82) is 0 Å². The van der Waals surface area contributed by atoms with E-state index in [9.17, 15) is 9.59 Å². The van der Waals surface area contributed by atoms with Crippen LogP contribution in [0.2, 0.25) is 0 Å². The van der Waals surface area contributed by atoms with Crippen molar-refractivity contribution < 1.29 is 19.1 Å². The Bertz CT molecular complexity index is 816. The quantitative estimate of drug-likeness (QED) is 0.425. The second-order valence-corrected chi connectivity index (χ2v) is 7.34. The van der Waals surface area contributed by atoms with Crippen LogP contribution in [0, 0.1) is 0 Å². The molecule has 0 heterocycles. The molecule has 2 N–H and O–H groups in total. The number of rotatable bonds is 14. The fourth-order valence-electron chi connectivity index (χ4n) is 3.15. The predicted octanol–water partition coefficient (Wildman–Crippen LogP) is 4.41. The van der Waals surface area contributed by atoms with Crippen LogP contribution in [-0.4, -0.2) is 56.2 Å². The maximum absolute atomic E-state index is 12.6. The maximum atomic E-state index is 12.6. The Hall–Kier alpha value is -3.06. The van der Waals surface area contributed by atoms with E-state index >= 15 is 0 Å². The highest BCUT2D eigenvalue weighted by atomic mass is 16.5. The molecule has 2 rings (SSSR count). The lowest BCUT2D eigenvalue weighted by Crippen LogP contribution is -2.32. The van der Waals surface area contributed by atoms with Crippen molar-refractivity contribution in [1.82, 2.24) is 4.90 Å². The highest BCUT2D eigenvalue weighted by Gasteiger charge is 2.14. The van der Waals surface area contributed by atoms with Crippen LogP contribution >= 0.6 is 0 Å². The third kappa shape index (κ3) is 8.59. The molecule has 0 atom stereocenters. The summed E-state index contributed by atoms with van der Waals surface area (Å²) >= 11 is 0. The van der Waals surface area contributed by atoms with Crippen molar-refractivity contribution in [3.63, 3.8) is 0 Å². The lowest BCUT2D eigenvalue weighted by atomic mass is 10.1. The molecule has 32 heavy (non-hydrogen) atoms. The van der Waals surface area contributed by atoms with Gasteiger partial charge >= 0.3 is 0 Å². The van der Waals surface area contributed by atoms with E-state index in [4.69, 9.17) is 9.47 Å². The van der Waals surface area contributed by atoms with Crippen LogP contribution in [0.15, 0.2) is 48.5 Å². The second kappa shape index (κ2) is 14.1. The van der Waals surface area contributed by atoms with E-state index in [1.165, 1.54) is 0 Å². The first-order valence-corrected chi connectivity index (χ1v) is 11.3. The fraction of sp³-hybridized carbons (Fsp3) is 0.440. The first kappa shape index (κ1) is 25.2. The fourth-order valence-corrected chi connectivity index (χ4v) is 3.15. The summed E-state index contributed by atoms with van der Waals surface area (Å²) in [5.74, 6) is 0.615. The molecule has 0 aliphatic carbocycles. The van der Waals surface area contributed by atoms with Gasteiger partial charge in [0.25, 0.3) is 5.91 Å². The average molecular weight is 442 g/mol. The Balaban J connectivity index is 1.80. The summed E-state index contributed by atoms with van der Waals surface area (Å²) in [5, 5.41) is 5.93. The van der Waals surface area contributed by atoms with E-state index in [1.807, 2.05) is 36.1 Å². The number of nitrogens with one attached hydrogen (secondary N) is 2. The number of benzene rings is 2. The standard InChI is InChI=1S/C25H35N3O4/c1-4-15-28(16-5-2)25(30)20-7-9-22(10-8-20)27-24(29)19-26-21-11-13-23(14-12-21)32-18-17-31-6-3/h7-14,26H,4-6,15-19H2,1-3H3,(H,27,29). The molecule has 0 saturated heterocycles. The number of ether oxygens (including phenoxy) is 2. The molecule has 0 radical (unpaired) electrons. The first-order chi connectivity index (χ1) is 15.6. The van der Waals surface area contributed by atoms with Crippen molar-refractivity contribution in [3.05, 3.63) is 54.1 Å². The van der Waals surface area contributed by atoms with Gasteiger partial charge in [0, 0.05) is 36.6 Å². The predicted molar refractivity (Wildman–Crippen MR) is 128 cm³/mol. The summed E-state index contributed by atoms with van der Waals surface area (Å²) in [4.78, 5) is 26.8. The lowest BCUT2D eigenvalue weighted by Gasteiger charge is -2.21. The molecule has 0 unspecified atom stereocenters. The number of carbonyl (C=O) groups excluding carboxylic acids is 2. The summed E-state index contributed by atoms with van der Waals surface area (Å²) < 4.78 is 10.8. The minimum Gasteiger partial charge on any atom is -0.491 e. The zero-order valence-electron chi connectivity index (χ0n) is 19.4. The Morgan fingerprint density at radius 3 is 2.06 bits per heavy atom. The molecule has 0 saturated carbocycles. The summed E-state index contributed by atoms with van der Waals surface area (Å²) in [7, 11) is 0. The maximum Gasteiger partial charge on any atom is 0.253 e. The van der Waals surface area contributed by atoms with Crippen LogP contribution in [0.25, 0.3) is 0 Å². The molecule has 0 bridgehead atoms. The number of amides is 2. The molecule has 2 amide bonds. The van der Waals surface area contributed by atoms with Gasteiger partial charge < -0.3 is 25.0 Å². The van der Waals surface area contributed by atoms with Gasteiger partial charge in [-0.15, -0.1) is 0 Å². The van der Waals surface area contributed by atoms with Gasteiger partial charge in [-0.1, -0.05) is 13.8 Å². The number of hydrogen-bond acceptors (Lipinski definition) is 5. The lowest BCUT2D eigenvalue weighted by molar-refractivity contribution is -0.114. The molecule has 0 spiro atoms. The summed E-state index contributed by atoms with van der Waals surface area (Å²) in [6.07, 6.45) is 1.85. The van der Waals surface area contributed by atoms with Crippen molar-refractivity contribution in [2.45, 2.75) is 33.6 Å². The van der Waals surface area contributed by atoms with Crippen molar-refractivity contribution in [3.8, 4) is 5.75 Å². The average Bonchev–Trinajstić information content (AvgIpc) is 2.81. The molecule has 0 fully saturated rings. The monoisotopic (exact) mass is 441 g/mol. The van der Waals surface area contributed by atoms with E-state index in [2.05, 4.69) is 24.5 Å². The smallest absolute Gasteiger partial charge is 0.253 e. The highest BCUT2D eigenvalue weighted by Crippen LogP contribution is 2.16. The summed E-state index contributed by atoms with van der Waals surface area (Å²) in [6, 6.07) is 14.5. The Morgan fingerprint density at radius 1 is 0.844 bits per heavy atom. The third-order valence-corrected chi connectivity index (χ3v) is 4.70. The molecule has 7 nitrogen and oxygen atoms in total. The van der Waals surface area contributed by atoms with E-state index in [-0.39, 0.29) is 18.4 Å². The van der Waals surface area contributed by atoms with E-state index in [0.29, 0.717) is 31.1 Å². The summed E-state index contributed by atoms with van der Waals surface area (Å²) in [5.41, 5.74) is 2.11. The van der Waals surface area contributed by atoms with Crippen LogP contribution in [0.5, 0.6) is 5.75 Å². The number of carbonyl (C=O) groups is 2. The Morgan fingerprint density at radius 2 is 1.47 bits per heavy atom. The van der Waals surface area contributed by atoms with Gasteiger partial charge in [-0.25, -0.2) is 0 Å². The normalized spacial score (nSPS) is 10.5. The van der Waals surface area contributed by atoms with Gasteiger partial charge in [0.1, 0.15) is 12.4 Å². The van der Waals surface area contributed by atoms with E-state index < -0.39 is 0 Å². The SMILES string of the molecule is CCCN(CCC)C(=O)c1ccc(NC(=O)CNc2ccc(OCCOCC)cc2)cc1. The minimum absolute atomic E-state index is 0.0264. The molecule has 0 aromatic heterocycles. The van der Waals surface area contributed by atoms with Crippen molar-refractivity contribution in [2.24, 2.45) is 0 Å². The van der Waals surface area contributed by atoms with Gasteiger partial charge in [0.15, 0.2) is 0 Å². The van der Waals surface area contributed by atoms with Crippen LogP contribution < -0.4 is 15.4 Å². The minimum atomic E-state index is -0.167. The van der Waals surface area contributed by atoms with Gasteiger partial charge in [-0.05, 0) is 68.3 Å². The number of anilines is 2. The van der Waals surface area contributed by atoms with Gasteiger partial charge in [0.05, 0.1) is 13.2 Å². The molecule has 2 aromatic rings. The second-order valence-electron chi connectivity index (χ2n) is 7.34. The highest BCUT2D eigenvalue weighted by molar-refractivity contribution is 5.96. The van der Waals surface area contributed by atoms with Crippen LogP contribution in [0.1, 0.15) is 44.0 Å². The van der Waals surface area contributed by atoms with E-state index in [0.717, 1.165) is 37.4 Å². The molecule has 174 valence electrons. The Labute approximate surface area is 191 Å². The van der Waals surface area contributed by atoms with Gasteiger partial charge in [-0.2, -0.15) is 0 Å². The Kier molecular flexibility index (Phi) is 11.1. The van der Waals surface area contributed by atoms with Crippen LogP contribution in [0.4, 0.5) is 11.4 Å². The van der Waals surface area contributed by atoms with Crippen molar-refractivity contribution in [2.75, 3.05) is 50.1 Å². The van der Waals surface area contributed by atoms with Gasteiger partial charge in [0.2, 0.25) is 5.91 Å². The largest absolute Gasteiger partial charge is 0.491 e. The summed E-state index contributed by atoms with van der Waals surface area (Å²) in [6.45, 7) is 9.43. The molecule has 7 heteroatoms. The van der Waals surface area contributed by atoms with Gasteiger partial charge in [-0.3, -0.25) is 9.59 Å². The van der Waals surface area contributed by atoms with Crippen LogP contribution in [-0.2, 0) is 9.53 Å². The van der Waals surface area contributed by atoms with Crippen molar-refractivity contribution >= 4 is 23.2 Å². The zero-order valence-corrected chi connectivity index (χ0v) is 19.4.